The van der Waals surface area contributed by atoms with Crippen molar-refractivity contribution in [1.29, 1.82) is 0 Å². The Morgan fingerprint density at radius 2 is 1.88 bits per heavy atom. The molecule has 1 saturated heterocycles. The van der Waals surface area contributed by atoms with E-state index >= 15 is 0 Å². The second-order valence-electron chi connectivity index (χ2n) is 6.72. The number of nitrogens with zero attached hydrogens (tertiary/aromatic N) is 5. The second-order valence-corrected chi connectivity index (χ2v) is 7.10. The quantitative estimate of drug-likeness (QED) is 0.833. The molecule has 0 aromatic carbocycles. The van der Waals surface area contributed by atoms with Gasteiger partial charge in [0.1, 0.15) is 5.15 Å². The number of halogens is 1. The lowest BCUT2D eigenvalue weighted by Crippen LogP contribution is -2.37. The lowest BCUT2D eigenvalue weighted by atomic mass is 9.88. The molecule has 2 aromatic heterocycles. The standard InChI is InChI=1S/C16H21ClN6O/c1-16(2,3)13-10(9-19-14(18)22-13)11-8-12(17)21-15(20-11)23-4-6-24-7-5-23/h8-9H,4-7H2,1-3H3,(H2,18,19,22). The number of ether oxygens (including phenoxy) is 1. The Morgan fingerprint density at radius 3 is 2.54 bits per heavy atom. The van der Waals surface area contributed by atoms with Crippen molar-refractivity contribution in [3.63, 3.8) is 0 Å². The molecule has 1 aliphatic heterocycles. The summed E-state index contributed by atoms with van der Waals surface area (Å²) < 4.78 is 5.38. The van der Waals surface area contributed by atoms with Crippen molar-refractivity contribution in [3.8, 4) is 11.3 Å². The van der Waals surface area contributed by atoms with Gasteiger partial charge in [-0.2, -0.15) is 0 Å². The molecule has 0 atom stereocenters. The monoisotopic (exact) mass is 348 g/mol. The van der Waals surface area contributed by atoms with Crippen molar-refractivity contribution in [3.05, 3.63) is 23.1 Å². The highest BCUT2D eigenvalue weighted by Crippen LogP contribution is 2.32. The lowest BCUT2D eigenvalue weighted by molar-refractivity contribution is 0.122. The third-order valence-corrected chi connectivity index (χ3v) is 3.96. The molecule has 3 rings (SSSR count). The number of nitrogens with two attached hydrogens (primary N) is 1. The average Bonchev–Trinajstić information content (AvgIpc) is 2.54. The van der Waals surface area contributed by atoms with Gasteiger partial charge in [-0.3, -0.25) is 0 Å². The van der Waals surface area contributed by atoms with Crippen LogP contribution in [0, 0.1) is 0 Å². The third-order valence-electron chi connectivity index (χ3n) is 3.77. The molecule has 1 fully saturated rings. The van der Waals surface area contributed by atoms with Gasteiger partial charge >= 0.3 is 0 Å². The van der Waals surface area contributed by atoms with Gasteiger partial charge in [-0.05, 0) is 0 Å². The first kappa shape index (κ1) is 16.9. The van der Waals surface area contributed by atoms with Gasteiger partial charge in [0.15, 0.2) is 0 Å². The van der Waals surface area contributed by atoms with Crippen LogP contribution in [0.2, 0.25) is 5.15 Å². The molecular weight excluding hydrogens is 328 g/mol. The van der Waals surface area contributed by atoms with Gasteiger partial charge in [0.05, 0.1) is 24.6 Å². The van der Waals surface area contributed by atoms with Gasteiger partial charge < -0.3 is 15.4 Å². The molecule has 24 heavy (non-hydrogen) atoms. The van der Waals surface area contributed by atoms with Crippen LogP contribution in [0.1, 0.15) is 26.5 Å². The Labute approximate surface area is 146 Å². The lowest BCUT2D eigenvalue weighted by Gasteiger charge is -2.27. The molecule has 2 N–H and O–H groups in total. The Morgan fingerprint density at radius 1 is 1.17 bits per heavy atom. The Bertz CT molecular complexity index is 740. The van der Waals surface area contributed by atoms with Crippen molar-refractivity contribution < 1.29 is 4.74 Å². The molecule has 7 nitrogen and oxygen atoms in total. The zero-order valence-electron chi connectivity index (χ0n) is 14.1. The summed E-state index contributed by atoms with van der Waals surface area (Å²) in [5.41, 5.74) is 7.91. The molecule has 0 aliphatic carbocycles. The van der Waals surface area contributed by atoms with Crippen molar-refractivity contribution in [2.45, 2.75) is 26.2 Å². The average molecular weight is 349 g/mol. The molecule has 0 spiro atoms. The smallest absolute Gasteiger partial charge is 0.227 e. The van der Waals surface area contributed by atoms with Crippen LogP contribution in [0.3, 0.4) is 0 Å². The number of rotatable bonds is 2. The number of morpholine rings is 1. The predicted octanol–water partition coefficient (Wildman–Crippen LogP) is 2.30. The number of nitrogen functional groups attached to an aromatic ring is 1. The van der Waals surface area contributed by atoms with E-state index in [1.807, 2.05) is 0 Å². The van der Waals surface area contributed by atoms with E-state index in [-0.39, 0.29) is 11.4 Å². The highest BCUT2D eigenvalue weighted by Gasteiger charge is 2.24. The normalized spacial score (nSPS) is 15.6. The first-order valence-corrected chi connectivity index (χ1v) is 8.23. The third kappa shape index (κ3) is 3.57. The zero-order valence-corrected chi connectivity index (χ0v) is 14.8. The summed E-state index contributed by atoms with van der Waals surface area (Å²) in [6.07, 6.45) is 1.70. The summed E-state index contributed by atoms with van der Waals surface area (Å²) in [4.78, 5) is 19.7. The van der Waals surface area contributed by atoms with E-state index in [1.54, 1.807) is 12.3 Å². The Kier molecular flexibility index (Phi) is 4.56. The Hall–Kier alpha value is -1.99. The molecule has 0 unspecified atom stereocenters. The zero-order chi connectivity index (χ0) is 17.3. The topological polar surface area (TPSA) is 90.0 Å². The number of hydrogen-bond donors (Lipinski definition) is 1. The van der Waals surface area contributed by atoms with Crippen LogP contribution >= 0.6 is 11.6 Å². The van der Waals surface area contributed by atoms with Crippen LogP contribution in [0.15, 0.2) is 12.3 Å². The maximum atomic E-state index is 6.24. The molecule has 128 valence electrons. The van der Waals surface area contributed by atoms with Crippen molar-refractivity contribution in [1.82, 2.24) is 19.9 Å². The van der Waals surface area contributed by atoms with Crippen LogP contribution in [0.25, 0.3) is 11.3 Å². The maximum Gasteiger partial charge on any atom is 0.227 e. The maximum absolute atomic E-state index is 6.24. The molecule has 0 radical (unpaired) electrons. The van der Waals surface area contributed by atoms with Gasteiger partial charge in [-0.25, -0.2) is 19.9 Å². The molecule has 1 aliphatic rings. The fourth-order valence-corrected chi connectivity index (χ4v) is 2.78. The molecule has 0 bridgehead atoms. The molecular formula is C16H21ClN6O. The van der Waals surface area contributed by atoms with Gasteiger partial charge in [0.2, 0.25) is 11.9 Å². The largest absolute Gasteiger partial charge is 0.378 e. The van der Waals surface area contributed by atoms with E-state index in [1.165, 1.54) is 0 Å². The van der Waals surface area contributed by atoms with Crippen molar-refractivity contribution >= 4 is 23.5 Å². The van der Waals surface area contributed by atoms with Crippen LogP contribution in [-0.2, 0) is 10.2 Å². The Balaban J connectivity index is 2.08. The second kappa shape index (κ2) is 6.49. The SMILES string of the molecule is CC(C)(C)c1nc(N)ncc1-c1cc(Cl)nc(N2CCOCC2)n1. The minimum Gasteiger partial charge on any atom is -0.378 e. The number of anilines is 2. The summed E-state index contributed by atoms with van der Waals surface area (Å²) in [7, 11) is 0. The minimum atomic E-state index is -0.205. The fraction of sp³-hybridized carbons (Fsp3) is 0.500. The van der Waals surface area contributed by atoms with Crippen LogP contribution in [-0.4, -0.2) is 46.2 Å². The highest BCUT2D eigenvalue weighted by molar-refractivity contribution is 6.29. The highest BCUT2D eigenvalue weighted by atomic mass is 35.5. The molecule has 0 amide bonds. The summed E-state index contributed by atoms with van der Waals surface area (Å²) in [6.45, 7) is 9.01. The number of hydrogen-bond acceptors (Lipinski definition) is 7. The summed E-state index contributed by atoms with van der Waals surface area (Å²) in [5.74, 6) is 0.842. The fourth-order valence-electron chi connectivity index (χ4n) is 2.60. The van der Waals surface area contributed by atoms with Gasteiger partial charge in [-0.15, -0.1) is 0 Å². The summed E-state index contributed by atoms with van der Waals surface area (Å²) in [5, 5.41) is 0.387. The number of aromatic nitrogens is 4. The summed E-state index contributed by atoms with van der Waals surface area (Å²) >= 11 is 6.24. The predicted molar refractivity (Wildman–Crippen MR) is 94.2 cm³/mol. The van der Waals surface area contributed by atoms with E-state index in [4.69, 9.17) is 22.1 Å². The minimum absolute atomic E-state index is 0.205. The molecule has 2 aromatic rings. The van der Waals surface area contributed by atoms with Gasteiger partial charge in [-0.1, -0.05) is 32.4 Å². The first-order chi connectivity index (χ1) is 11.3. The van der Waals surface area contributed by atoms with E-state index < -0.39 is 0 Å². The van der Waals surface area contributed by atoms with Crippen molar-refractivity contribution in [2.75, 3.05) is 36.9 Å². The van der Waals surface area contributed by atoms with E-state index in [2.05, 4.69) is 45.6 Å². The molecule has 8 heteroatoms. The van der Waals surface area contributed by atoms with E-state index in [9.17, 15) is 0 Å². The van der Waals surface area contributed by atoms with Crippen LogP contribution in [0.4, 0.5) is 11.9 Å². The van der Waals surface area contributed by atoms with E-state index in [0.717, 1.165) is 24.3 Å². The van der Waals surface area contributed by atoms with Gasteiger partial charge in [0.25, 0.3) is 0 Å². The first-order valence-electron chi connectivity index (χ1n) is 7.85. The van der Waals surface area contributed by atoms with Crippen LogP contribution < -0.4 is 10.6 Å². The molecule has 0 saturated carbocycles. The van der Waals surface area contributed by atoms with Crippen LogP contribution in [0.5, 0.6) is 0 Å². The molecule has 3 heterocycles. The van der Waals surface area contributed by atoms with Crippen molar-refractivity contribution in [2.24, 2.45) is 0 Å². The van der Waals surface area contributed by atoms with E-state index in [0.29, 0.717) is 30.0 Å². The van der Waals surface area contributed by atoms with Gasteiger partial charge in [0, 0.05) is 36.3 Å². The summed E-state index contributed by atoms with van der Waals surface area (Å²) in [6, 6.07) is 1.73.